The average Bonchev–Trinajstić information content (AvgIpc) is 2.26. The molecule has 0 spiro atoms. The van der Waals surface area contributed by atoms with Crippen molar-refractivity contribution in [3.8, 4) is 12.3 Å². The Balaban J connectivity index is 2.64. The van der Waals surface area contributed by atoms with E-state index in [9.17, 15) is 0 Å². The zero-order valence-corrected chi connectivity index (χ0v) is 8.62. The maximum atomic E-state index is 8.68. The summed E-state index contributed by atoms with van der Waals surface area (Å²) in [6.45, 7) is 1.67. The molecule has 0 aromatic carbocycles. The Kier molecular flexibility index (Phi) is 4.24. The number of thioether (sulfide) groups is 1. The van der Waals surface area contributed by atoms with Gasteiger partial charge in [-0.05, 0) is 6.26 Å². The Morgan fingerprint density at radius 2 is 2.43 bits per heavy atom. The Morgan fingerprint density at radius 3 is 3.00 bits per heavy atom. The van der Waals surface area contributed by atoms with Crippen LogP contribution in [0.5, 0.6) is 0 Å². The maximum absolute atomic E-state index is 8.68. The number of ether oxygens (including phenoxy) is 1. The number of rotatable bonds is 0. The van der Waals surface area contributed by atoms with Crippen LogP contribution in [0.2, 0.25) is 0 Å². The van der Waals surface area contributed by atoms with Gasteiger partial charge in [0.05, 0.1) is 19.2 Å². The Bertz CT molecular complexity index is 303. The third-order valence-corrected chi connectivity index (χ3v) is 2.52. The number of aliphatic imine (C=N–C) groups is 1. The van der Waals surface area contributed by atoms with Crippen LogP contribution < -0.4 is 0 Å². The number of hydrogen-bond donors (Lipinski definition) is 0. The highest BCUT2D eigenvalue weighted by Gasteiger charge is 2.22. The van der Waals surface area contributed by atoms with Crippen molar-refractivity contribution in [3.63, 3.8) is 0 Å². The second-order valence-electron chi connectivity index (χ2n) is 2.63. The largest absolute Gasteiger partial charge is 0.360 e. The molecule has 1 rings (SSSR count). The van der Waals surface area contributed by atoms with Crippen LogP contribution >= 0.6 is 11.8 Å². The molecule has 1 unspecified atom stereocenters. The van der Waals surface area contributed by atoms with Gasteiger partial charge in [0, 0.05) is 6.54 Å². The minimum atomic E-state index is -0.417. The molecule has 0 radical (unpaired) electrons. The lowest BCUT2D eigenvalue weighted by Crippen LogP contribution is -2.44. The first-order chi connectivity index (χ1) is 6.81. The van der Waals surface area contributed by atoms with Gasteiger partial charge in [-0.2, -0.15) is 10.5 Å². The molecule has 0 saturated carbocycles. The molecule has 14 heavy (non-hydrogen) atoms. The fraction of sp³-hybridized carbons (Fsp3) is 0.625. The van der Waals surface area contributed by atoms with Crippen LogP contribution in [0.3, 0.4) is 0 Å². The summed E-state index contributed by atoms with van der Waals surface area (Å²) in [7, 11) is 0. The smallest absolute Gasteiger partial charge is 0.208 e. The molecule has 1 aliphatic heterocycles. The summed E-state index contributed by atoms with van der Waals surface area (Å²) in [4.78, 5) is 5.58. The first-order valence-electron chi connectivity index (χ1n) is 4.08. The number of nitrogens with zero attached hydrogens (tertiary/aromatic N) is 4. The Labute approximate surface area is 87.0 Å². The predicted molar refractivity (Wildman–Crippen MR) is 53.5 cm³/mol. The molecular formula is C8H10N4OS. The van der Waals surface area contributed by atoms with Crippen molar-refractivity contribution in [2.75, 3.05) is 26.0 Å². The van der Waals surface area contributed by atoms with Gasteiger partial charge in [0.15, 0.2) is 11.3 Å². The number of amidine groups is 1. The number of nitriles is 2. The predicted octanol–water partition coefficient (Wildman–Crippen LogP) is 0.411. The molecule has 6 heteroatoms. The third kappa shape index (κ3) is 2.63. The van der Waals surface area contributed by atoms with Gasteiger partial charge in [-0.3, -0.25) is 0 Å². The minimum Gasteiger partial charge on any atom is -0.360 e. The summed E-state index contributed by atoms with van der Waals surface area (Å²) < 4.78 is 5.18. The standard InChI is InChI=1S/C8H10N4OS/c1-14-8(11-6-10)12-2-3-13-7(4-9)5-12/h7H,2-3,5H2,1H3. The number of hydrogen-bond acceptors (Lipinski definition) is 5. The van der Waals surface area contributed by atoms with E-state index in [0.717, 1.165) is 0 Å². The van der Waals surface area contributed by atoms with Crippen LogP contribution in [0, 0.1) is 22.8 Å². The first-order valence-corrected chi connectivity index (χ1v) is 5.31. The van der Waals surface area contributed by atoms with Crippen molar-refractivity contribution >= 4 is 16.9 Å². The molecule has 1 heterocycles. The Hall–Kier alpha value is -1.24. The van der Waals surface area contributed by atoms with Gasteiger partial charge in [-0.25, -0.2) is 0 Å². The van der Waals surface area contributed by atoms with E-state index in [4.69, 9.17) is 15.3 Å². The summed E-state index contributed by atoms with van der Waals surface area (Å²) in [6, 6.07) is 2.04. The summed E-state index contributed by atoms with van der Waals surface area (Å²) in [6.07, 6.45) is 3.19. The van der Waals surface area contributed by atoms with Gasteiger partial charge in [-0.15, -0.1) is 4.99 Å². The minimum absolute atomic E-state index is 0.417. The van der Waals surface area contributed by atoms with Gasteiger partial charge in [0.1, 0.15) is 0 Å². The molecule has 0 aromatic rings. The summed E-state index contributed by atoms with van der Waals surface area (Å²) in [5, 5.41) is 17.8. The lowest BCUT2D eigenvalue weighted by atomic mass is 10.3. The molecule has 1 aliphatic rings. The summed E-state index contributed by atoms with van der Waals surface area (Å²) >= 11 is 1.40. The summed E-state index contributed by atoms with van der Waals surface area (Å²) in [5.74, 6) is 0. The monoisotopic (exact) mass is 210 g/mol. The highest BCUT2D eigenvalue weighted by Crippen LogP contribution is 2.11. The SMILES string of the molecule is CSC(=NC#N)N1CCOC(C#N)C1. The average molecular weight is 210 g/mol. The van der Waals surface area contributed by atoms with E-state index >= 15 is 0 Å². The molecular weight excluding hydrogens is 200 g/mol. The molecule has 1 atom stereocenters. The molecule has 1 saturated heterocycles. The van der Waals surface area contributed by atoms with E-state index in [2.05, 4.69) is 4.99 Å². The van der Waals surface area contributed by atoms with Gasteiger partial charge in [0.2, 0.25) is 6.19 Å². The van der Waals surface area contributed by atoms with Crippen LogP contribution in [-0.2, 0) is 4.74 Å². The molecule has 0 aliphatic carbocycles. The van der Waals surface area contributed by atoms with Crippen LogP contribution in [-0.4, -0.2) is 42.1 Å². The lowest BCUT2D eigenvalue weighted by molar-refractivity contribution is 0.0277. The van der Waals surface area contributed by atoms with Crippen LogP contribution in [0.25, 0.3) is 0 Å². The van der Waals surface area contributed by atoms with E-state index < -0.39 is 6.10 Å². The normalized spacial score (nSPS) is 22.6. The molecule has 0 aromatic heterocycles. The van der Waals surface area contributed by atoms with E-state index in [0.29, 0.717) is 24.9 Å². The quantitative estimate of drug-likeness (QED) is 0.329. The van der Waals surface area contributed by atoms with Crippen molar-refractivity contribution in [1.29, 1.82) is 10.5 Å². The van der Waals surface area contributed by atoms with E-state index in [1.54, 1.807) is 6.19 Å². The van der Waals surface area contributed by atoms with Gasteiger partial charge in [-0.1, -0.05) is 11.8 Å². The lowest BCUT2D eigenvalue weighted by Gasteiger charge is -2.30. The first kappa shape index (κ1) is 10.8. The van der Waals surface area contributed by atoms with E-state index in [1.807, 2.05) is 17.2 Å². The molecule has 0 bridgehead atoms. The zero-order chi connectivity index (χ0) is 10.4. The second-order valence-corrected chi connectivity index (χ2v) is 3.41. The van der Waals surface area contributed by atoms with E-state index in [-0.39, 0.29) is 0 Å². The third-order valence-electron chi connectivity index (χ3n) is 1.81. The van der Waals surface area contributed by atoms with Crippen LogP contribution in [0.15, 0.2) is 4.99 Å². The fourth-order valence-corrected chi connectivity index (χ4v) is 1.75. The highest BCUT2D eigenvalue weighted by molar-refractivity contribution is 8.13. The number of morpholine rings is 1. The molecule has 0 amide bonds. The fourth-order valence-electron chi connectivity index (χ4n) is 1.19. The molecule has 74 valence electrons. The highest BCUT2D eigenvalue weighted by atomic mass is 32.2. The van der Waals surface area contributed by atoms with Crippen LogP contribution in [0.4, 0.5) is 0 Å². The molecule has 5 nitrogen and oxygen atoms in total. The summed E-state index contributed by atoms with van der Waals surface area (Å²) in [5.41, 5.74) is 0. The second kappa shape index (κ2) is 5.48. The molecule has 0 N–H and O–H groups in total. The van der Waals surface area contributed by atoms with Crippen molar-refractivity contribution in [3.05, 3.63) is 0 Å². The van der Waals surface area contributed by atoms with Crippen LogP contribution in [0.1, 0.15) is 0 Å². The topological polar surface area (TPSA) is 72.4 Å². The van der Waals surface area contributed by atoms with Crippen molar-refractivity contribution in [1.82, 2.24) is 4.90 Å². The Morgan fingerprint density at radius 1 is 1.64 bits per heavy atom. The van der Waals surface area contributed by atoms with Crippen molar-refractivity contribution < 1.29 is 4.74 Å². The van der Waals surface area contributed by atoms with Gasteiger partial charge >= 0.3 is 0 Å². The maximum Gasteiger partial charge on any atom is 0.208 e. The van der Waals surface area contributed by atoms with Crippen molar-refractivity contribution in [2.45, 2.75) is 6.10 Å². The van der Waals surface area contributed by atoms with E-state index in [1.165, 1.54) is 11.8 Å². The molecule has 1 fully saturated rings. The zero-order valence-electron chi connectivity index (χ0n) is 7.80. The van der Waals surface area contributed by atoms with Gasteiger partial charge in [0.25, 0.3) is 0 Å². The van der Waals surface area contributed by atoms with Crippen molar-refractivity contribution in [2.24, 2.45) is 4.99 Å². The van der Waals surface area contributed by atoms with Gasteiger partial charge < -0.3 is 9.64 Å².